The van der Waals surface area contributed by atoms with Crippen LogP contribution in [0.3, 0.4) is 0 Å². The summed E-state index contributed by atoms with van der Waals surface area (Å²) < 4.78 is 10.3. The third-order valence-corrected chi connectivity index (χ3v) is 3.30. The number of quaternary nitrogens is 1. The molecule has 1 fully saturated rings. The minimum absolute atomic E-state index is 0.471. The molecule has 0 bridgehead atoms. The van der Waals surface area contributed by atoms with E-state index in [2.05, 4.69) is 15.8 Å². The van der Waals surface area contributed by atoms with E-state index in [0.717, 1.165) is 39.3 Å². The highest BCUT2D eigenvalue weighted by molar-refractivity contribution is 6.35. The summed E-state index contributed by atoms with van der Waals surface area (Å²) in [7, 11) is 0. The molecule has 0 saturated carbocycles. The van der Waals surface area contributed by atoms with Gasteiger partial charge in [0.2, 0.25) is 0 Å². The van der Waals surface area contributed by atoms with Crippen LogP contribution in [0.1, 0.15) is 12.2 Å². The number of ether oxygens (including phenoxy) is 1. The van der Waals surface area contributed by atoms with Gasteiger partial charge in [-0.15, -0.1) is 0 Å². The third kappa shape index (κ3) is 5.66. The molecule has 0 aromatic carbocycles. The molecule has 8 heteroatoms. The Bertz CT molecular complexity index is 495. The van der Waals surface area contributed by atoms with Crippen LogP contribution in [0, 0.1) is 0 Å². The number of carbonyl (C=O) groups excluding carboxylic acids is 2. The minimum atomic E-state index is -0.790. The summed E-state index contributed by atoms with van der Waals surface area (Å²) in [6, 6.07) is 3.38. The largest absolute Gasteiger partial charge is 0.463 e. The number of morpholine rings is 1. The summed E-state index contributed by atoms with van der Waals surface area (Å²) in [6.07, 6.45) is 3.64. The van der Waals surface area contributed by atoms with Crippen LogP contribution >= 0.6 is 0 Å². The van der Waals surface area contributed by atoms with Crippen molar-refractivity contribution >= 4 is 18.0 Å². The van der Waals surface area contributed by atoms with E-state index in [4.69, 9.17) is 9.15 Å². The molecule has 1 saturated heterocycles. The Balaban J connectivity index is 1.57. The van der Waals surface area contributed by atoms with E-state index in [1.54, 1.807) is 12.1 Å². The fourth-order valence-electron chi connectivity index (χ4n) is 2.10. The first-order chi connectivity index (χ1) is 10.8. The standard InChI is InChI=1S/C14H20N4O4/c19-13(14(20)17-16-11-12-3-1-8-22-12)15-4-2-5-18-6-9-21-10-7-18/h1,3,8,11H,2,4-7,9-10H2,(H,15,19)(H,17,20)/p+1/b16-11-. The van der Waals surface area contributed by atoms with E-state index in [1.807, 2.05) is 0 Å². The minimum Gasteiger partial charge on any atom is -0.463 e. The van der Waals surface area contributed by atoms with Gasteiger partial charge in [0.05, 0.1) is 32.2 Å². The number of nitrogens with one attached hydrogen (secondary N) is 3. The molecule has 22 heavy (non-hydrogen) atoms. The van der Waals surface area contributed by atoms with Crippen molar-refractivity contribution in [3.63, 3.8) is 0 Å². The van der Waals surface area contributed by atoms with E-state index < -0.39 is 11.8 Å². The van der Waals surface area contributed by atoms with E-state index in [9.17, 15) is 9.59 Å². The zero-order valence-electron chi connectivity index (χ0n) is 12.3. The van der Waals surface area contributed by atoms with Crippen molar-refractivity contribution in [1.29, 1.82) is 0 Å². The molecule has 0 aliphatic carbocycles. The van der Waals surface area contributed by atoms with Gasteiger partial charge in [-0.1, -0.05) is 0 Å². The lowest BCUT2D eigenvalue weighted by molar-refractivity contribution is -0.908. The van der Waals surface area contributed by atoms with Crippen molar-refractivity contribution in [3.8, 4) is 0 Å². The monoisotopic (exact) mass is 309 g/mol. The smallest absolute Gasteiger partial charge is 0.329 e. The average molecular weight is 309 g/mol. The molecule has 2 rings (SSSR count). The number of carbonyl (C=O) groups is 2. The quantitative estimate of drug-likeness (QED) is 0.249. The Morgan fingerprint density at radius 2 is 2.14 bits per heavy atom. The molecule has 2 heterocycles. The summed E-state index contributed by atoms with van der Waals surface area (Å²) in [5.74, 6) is -0.982. The Hall–Kier alpha value is -2.19. The third-order valence-electron chi connectivity index (χ3n) is 3.30. The van der Waals surface area contributed by atoms with Crippen LogP contribution in [-0.2, 0) is 14.3 Å². The molecule has 0 atom stereocenters. The molecule has 1 aliphatic rings. The van der Waals surface area contributed by atoms with E-state index in [0.29, 0.717) is 12.3 Å². The normalized spacial score (nSPS) is 15.8. The van der Waals surface area contributed by atoms with Gasteiger partial charge >= 0.3 is 11.8 Å². The summed E-state index contributed by atoms with van der Waals surface area (Å²) in [5, 5.41) is 6.21. The van der Waals surface area contributed by atoms with Gasteiger partial charge in [-0.25, -0.2) is 5.43 Å². The SMILES string of the molecule is O=C(NCCC[NH+]1CCOCC1)C(=O)N/N=C\c1ccco1. The van der Waals surface area contributed by atoms with Crippen LogP contribution in [0.4, 0.5) is 0 Å². The number of hydrogen-bond donors (Lipinski definition) is 3. The van der Waals surface area contributed by atoms with Crippen molar-refractivity contribution in [2.75, 3.05) is 39.4 Å². The maximum absolute atomic E-state index is 11.5. The van der Waals surface area contributed by atoms with Gasteiger partial charge in [0, 0.05) is 13.0 Å². The topological polar surface area (TPSA) is 97.4 Å². The van der Waals surface area contributed by atoms with Gasteiger partial charge in [-0.2, -0.15) is 5.10 Å². The molecular weight excluding hydrogens is 288 g/mol. The summed E-state index contributed by atoms with van der Waals surface area (Å²) in [5.41, 5.74) is 2.15. The molecule has 8 nitrogen and oxygen atoms in total. The van der Waals surface area contributed by atoms with E-state index in [-0.39, 0.29) is 0 Å². The summed E-state index contributed by atoms with van der Waals surface area (Å²) >= 11 is 0. The lowest BCUT2D eigenvalue weighted by atomic mass is 10.3. The van der Waals surface area contributed by atoms with Crippen molar-refractivity contribution in [3.05, 3.63) is 24.2 Å². The fraction of sp³-hybridized carbons (Fsp3) is 0.500. The van der Waals surface area contributed by atoms with Crippen molar-refractivity contribution in [2.45, 2.75) is 6.42 Å². The number of rotatable bonds is 6. The highest BCUT2D eigenvalue weighted by Crippen LogP contribution is 1.94. The average Bonchev–Trinajstić information content (AvgIpc) is 3.05. The van der Waals surface area contributed by atoms with Gasteiger partial charge in [0.25, 0.3) is 0 Å². The number of hydrazone groups is 1. The second-order valence-electron chi connectivity index (χ2n) is 4.94. The first-order valence-electron chi connectivity index (χ1n) is 7.32. The molecule has 3 N–H and O–H groups in total. The van der Waals surface area contributed by atoms with Gasteiger partial charge in [-0.3, -0.25) is 9.59 Å². The van der Waals surface area contributed by atoms with Gasteiger partial charge in [-0.05, 0) is 12.1 Å². The Labute approximate surface area is 128 Å². The number of hydrogen-bond acceptors (Lipinski definition) is 5. The van der Waals surface area contributed by atoms with Gasteiger partial charge in [0.1, 0.15) is 18.8 Å². The molecular formula is C14H21N4O4+. The van der Waals surface area contributed by atoms with Gasteiger partial charge in [0.15, 0.2) is 0 Å². The van der Waals surface area contributed by atoms with Crippen molar-refractivity contribution < 1.29 is 23.6 Å². The first kappa shape index (κ1) is 16.2. The zero-order valence-corrected chi connectivity index (χ0v) is 12.3. The maximum Gasteiger partial charge on any atom is 0.329 e. The summed E-state index contributed by atoms with van der Waals surface area (Å²) in [4.78, 5) is 24.5. The Morgan fingerprint density at radius 3 is 2.86 bits per heavy atom. The predicted molar refractivity (Wildman–Crippen MR) is 78.5 cm³/mol. The lowest BCUT2D eigenvalue weighted by Crippen LogP contribution is -3.14. The maximum atomic E-state index is 11.5. The van der Waals surface area contributed by atoms with E-state index in [1.165, 1.54) is 17.4 Å². The molecule has 2 amide bonds. The van der Waals surface area contributed by atoms with Crippen LogP contribution in [0.2, 0.25) is 0 Å². The van der Waals surface area contributed by atoms with Crippen molar-refractivity contribution in [2.24, 2.45) is 5.10 Å². The summed E-state index contributed by atoms with van der Waals surface area (Å²) in [6.45, 7) is 5.00. The van der Waals surface area contributed by atoms with Crippen LogP contribution in [0.15, 0.2) is 27.9 Å². The van der Waals surface area contributed by atoms with Crippen LogP contribution in [0.25, 0.3) is 0 Å². The van der Waals surface area contributed by atoms with Crippen LogP contribution in [0.5, 0.6) is 0 Å². The second-order valence-corrected chi connectivity index (χ2v) is 4.94. The second kappa shape index (κ2) is 8.96. The fourth-order valence-corrected chi connectivity index (χ4v) is 2.10. The highest BCUT2D eigenvalue weighted by atomic mass is 16.5. The van der Waals surface area contributed by atoms with Crippen LogP contribution in [-0.4, -0.2) is 57.4 Å². The van der Waals surface area contributed by atoms with Crippen molar-refractivity contribution in [1.82, 2.24) is 10.7 Å². The molecule has 0 radical (unpaired) electrons. The zero-order chi connectivity index (χ0) is 15.6. The van der Waals surface area contributed by atoms with Crippen LogP contribution < -0.4 is 15.6 Å². The van der Waals surface area contributed by atoms with Gasteiger partial charge < -0.3 is 19.4 Å². The highest BCUT2D eigenvalue weighted by Gasteiger charge is 2.14. The number of furan rings is 1. The molecule has 1 aromatic heterocycles. The number of amides is 2. The van der Waals surface area contributed by atoms with E-state index >= 15 is 0 Å². The molecule has 0 spiro atoms. The molecule has 1 aliphatic heterocycles. The Morgan fingerprint density at radius 1 is 1.32 bits per heavy atom. The first-order valence-corrected chi connectivity index (χ1v) is 7.32. The Kier molecular flexibility index (Phi) is 6.59. The number of nitrogens with zero attached hydrogens (tertiary/aromatic N) is 1. The lowest BCUT2D eigenvalue weighted by Gasteiger charge is -2.23. The molecule has 120 valence electrons. The molecule has 1 aromatic rings. The predicted octanol–water partition coefficient (Wildman–Crippen LogP) is -1.85. The molecule has 0 unspecified atom stereocenters.